The van der Waals surface area contributed by atoms with Crippen molar-refractivity contribution in [1.29, 1.82) is 0 Å². The van der Waals surface area contributed by atoms with Gasteiger partial charge in [0.15, 0.2) is 14.1 Å². The van der Waals surface area contributed by atoms with Crippen LogP contribution in [0.5, 0.6) is 0 Å². The summed E-state index contributed by atoms with van der Waals surface area (Å²) in [5, 5.41) is 9.25. The summed E-state index contributed by atoms with van der Waals surface area (Å²) in [6.07, 6.45) is 5.78. The third kappa shape index (κ3) is 7.01. The van der Waals surface area contributed by atoms with E-state index in [2.05, 4.69) is 33.9 Å². The second-order valence-electron chi connectivity index (χ2n) is 12.1. The number of allylic oxidation sites excluding steroid dienone is 1. The number of fused-ring (bicyclic) bond motifs is 2. The van der Waals surface area contributed by atoms with Gasteiger partial charge in [-0.05, 0) is 69.8 Å². The van der Waals surface area contributed by atoms with Crippen molar-refractivity contribution in [3.63, 3.8) is 0 Å². The first-order valence-corrected chi connectivity index (χ1v) is 15.4. The summed E-state index contributed by atoms with van der Waals surface area (Å²) in [6.45, 7) is 16.3. The van der Waals surface area contributed by atoms with Crippen molar-refractivity contribution in [1.82, 2.24) is 0 Å². The van der Waals surface area contributed by atoms with E-state index in [1.807, 2.05) is 26.8 Å². The van der Waals surface area contributed by atoms with Crippen LogP contribution in [-0.2, 0) is 28.3 Å². The molecule has 7 nitrogen and oxygen atoms in total. The monoisotopic (exact) mass is 496 g/mol. The van der Waals surface area contributed by atoms with E-state index in [0.29, 0.717) is 6.42 Å². The zero-order chi connectivity index (χ0) is 25.9. The minimum atomic E-state index is -2.23. The van der Waals surface area contributed by atoms with Crippen molar-refractivity contribution >= 4 is 26.0 Å². The molecule has 0 saturated carbocycles. The van der Waals surface area contributed by atoms with Crippen molar-refractivity contribution in [3.05, 3.63) is 12.2 Å². The first kappa shape index (κ1) is 28.7. The van der Waals surface area contributed by atoms with E-state index in [-0.39, 0.29) is 48.3 Å². The van der Waals surface area contributed by atoms with Gasteiger partial charge in [0.1, 0.15) is 0 Å². The maximum Gasteiger partial charge on any atom is 0.311 e. The van der Waals surface area contributed by atoms with E-state index in [0.717, 1.165) is 19.3 Å². The lowest BCUT2D eigenvalue weighted by Crippen LogP contribution is -2.44. The van der Waals surface area contributed by atoms with Crippen LogP contribution >= 0.6 is 0 Å². The molecule has 0 aromatic rings. The van der Waals surface area contributed by atoms with E-state index in [1.165, 1.54) is 6.08 Å². The Morgan fingerprint density at radius 3 is 2.35 bits per heavy atom. The van der Waals surface area contributed by atoms with Crippen LogP contribution in [0.15, 0.2) is 12.2 Å². The molecule has 2 aliphatic rings. The number of hydrogen-bond acceptors (Lipinski definition) is 6. The van der Waals surface area contributed by atoms with E-state index in [1.54, 1.807) is 0 Å². The minimum absolute atomic E-state index is 0.00482. The predicted octanol–water partition coefficient (Wildman–Crippen LogP) is 5.28. The fourth-order valence-corrected chi connectivity index (χ4v) is 5.61. The summed E-state index contributed by atoms with van der Waals surface area (Å²) >= 11 is 0. The summed E-state index contributed by atoms with van der Waals surface area (Å²) in [5.74, 6) is -1.37. The standard InChI is InChI=1S/C26H44O7Si/c1-9-25(5,6)23(30)31-17-18-14-20-11-13-26(18,32-20)12-10-19(27)15-21(16-22(28)29)33-34(7,8)24(2,3)4/h10,12,18,20-21H,9,11,13-17H2,1-8H3,(H,28,29)/t18-,20+,21?,26-/m0/s1. The lowest BCUT2D eigenvalue weighted by molar-refractivity contribution is -0.156. The van der Waals surface area contributed by atoms with Gasteiger partial charge in [-0.2, -0.15) is 0 Å². The molecule has 1 unspecified atom stereocenters. The molecule has 194 valence electrons. The van der Waals surface area contributed by atoms with Crippen LogP contribution in [0.2, 0.25) is 18.1 Å². The fraction of sp³-hybridized carbons (Fsp3) is 0.808. The molecule has 2 rings (SSSR count). The average molecular weight is 497 g/mol. The van der Waals surface area contributed by atoms with Crippen LogP contribution in [-0.4, -0.2) is 55.6 Å². The molecule has 0 aliphatic carbocycles. The number of carboxylic acids is 1. The van der Waals surface area contributed by atoms with Crippen molar-refractivity contribution < 1.29 is 33.4 Å². The van der Waals surface area contributed by atoms with Gasteiger partial charge >= 0.3 is 11.9 Å². The van der Waals surface area contributed by atoms with Crippen LogP contribution in [0.3, 0.4) is 0 Å². The molecule has 34 heavy (non-hydrogen) atoms. The van der Waals surface area contributed by atoms with Gasteiger partial charge in [-0.1, -0.05) is 27.7 Å². The van der Waals surface area contributed by atoms with Gasteiger partial charge in [-0.15, -0.1) is 0 Å². The summed E-state index contributed by atoms with van der Waals surface area (Å²) in [6, 6.07) is 0. The maximum absolute atomic E-state index is 12.9. The molecule has 2 saturated heterocycles. The molecule has 8 heteroatoms. The minimum Gasteiger partial charge on any atom is -0.481 e. The molecule has 0 radical (unpaired) electrons. The number of ketones is 1. The Hall–Kier alpha value is -1.51. The molecule has 0 amide bonds. The van der Waals surface area contributed by atoms with Gasteiger partial charge in [0.05, 0.1) is 36.3 Å². The van der Waals surface area contributed by atoms with Crippen molar-refractivity contribution in [2.75, 3.05) is 6.61 Å². The van der Waals surface area contributed by atoms with Crippen LogP contribution in [0.4, 0.5) is 0 Å². The number of ether oxygens (including phenoxy) is 2. The molecule has 0 aromatic carbocycles. The zero-order valence-electron chi connectivity index (χ0n) is 22.2. The van der Waals surface area contributed by atoms with Crippen LogP contribution in [0.25, 0.3) is 0 Å². The van der Waals surface area contributed by atoms with Gasteiger partial charge < -0.3 is 19.0 Å². The Bertz CT molecular complexity index is 795. The number of esters is 1. The van der Waals surface area contributed by atoms with Gasteiger partial charge in [-0.25, -0.2) is 0 Å². The van der Waals surface area contributed by atoms with Gasteiger partial charge in [-0.3, -0.25) is 14.4 Å². The number of carboxylic acid groups (broad SMARTS) is 1. The van der Waals surface area contributed by atoms with Gasteiger partial charge in [0.25, 0.3) is 0 Å². The smallest absolute Gasteiger partial charge is 0.311 e. The first-order chi connectivity index (χ1) is 15.5. The number of carbonyl (C=O) groups is 3. The highest BCUT2D eigenvalue weighted by atomic mass is 28.4. The molecule has 1 N–H and O–H groups in total. The Morgan fingerprint density at radius 2 is 1.82 bits per heavy atom. The maximum atomic E-state index is 12.9. The van der Waals surface area contributed by atoms with E-state index in [4.69, 9.17) is 13.9 Å². The SMILES string of the molecule is CCC(C)(C)C(=O)OC[C@@H]1C[C@H]2CC[C@]1(C=CC(=O)CC(CC(=O)O)O[Si](C)(C)C(C)(C)C)O2. The van der Waals surface area contributed by atoms with Gasteiger partial charge in [0, 0.05) is 12.3 Å². The lowest BCUT2D eigenvalue weighted by Gasteiger charge is -2.38. The van der Waals surface area contributed by atoms with Crippen molar-refractivity contribution in [2.24, 2.45) is 11.3 Å². The topological polar surface area (TPSA) is 99.1 Å². The molecule has 2 bridgehead atoms. The molecule has 0 spiro atoms. The van der Waals surface area contributed by atoms with Crippen molar-refractivity contribution in [2.45, 2.75) is 116 Å². The quantitative estimate of drug-likeness (QED) is 0.223. The second-order valence-corrected chi connectivity index (χ2v) is 16.9. The summed E-state index contributed by atoms with van der Waals surface area (Å²) < 4.78 is 18.1. The molecule has 4 atom stereocenters. The third-order valence-electron chi connectivity index (χ3n) is 7.98. The number of rotatable bonds is 12. The van der Waals surface area contributed by atoms with Crippen LogP contribution < -0.4 is 0 Å². The fourth-order valence-electron chi connectivity index (χ4n) is 4.25. The molecular weight excluding hydrogens is 452 g/mol. The average Bonchev–Trinajstić information content (AvgIpc) is 3.27. The summed E-state index contributed by atoms with van der Waals surface area (Å²) in [5.41, 5.74) is -1.14. The summed E-state index contributed by atoms with van der Waals surface area (Å²) in [7, 11) is -2.23. The molecule has 2 fully saturated rings. The van der Waals surface area contributed by atoms with E-state index >= 15 is 0 Å². The Morgan fingerprint density at radius 1 is 1.18 bits per heavy atom. The van der Waals surface area contributed by atoms with Crippen molar-refractivity contribution in [3.8, 4) is 0 Å². The number of aliphatic carboxylic acids is 1. The molecule has 0 aromatic heterocycles. The first-order valence-electron chi connectivity index (χ1n) is 12.5. The molecule has 2 aliphatic heterocycles. The lowest BCUT2D eigenvalue weighted by atomic mass is 9.78. The zero-order valence-corrected chi connectivity index (χ0v) is 23.2. The van der Waals surface area contributed by atoms with Gasteiger partial charge in [0.2, 0.25) is 0 Å². The second kappa shape index (κ2) is 10.6. The predicted molar refractivity (Wildman–Crippen MR) is 133 cm³/mol. The number of hydrogen-bond donors (Lipinski definition) is 1. The Kier molecular flexibility index (Phi) is 8.97. The Balaban J connectivity index is 2.06. The third-order valence-corrected chi connectivity index (χ3v) is 12.5. The largest absolute Gasteiger partial charge is 0.481 e. The summed E-state index contributed by atoms with van der Waals surface area (Å²) in [4.78, 5) is 36.7. The number of carbonyl (C=O) groups excluding carboxylic acids is 2. The van der Waals surface area contributed by atoms with E-state index in [9.17, 15) is 19.5 Å². The highest BCUT2D eigenvalue weighted by Crippen LogP contribution is 2.49. The highest BCUT2D eigenvalue weighted by Gasteiger charge is 2.52. The van der Waals surface area contributed by atoms with Crippen LogP contribution in [0, 0.1) is 11.3 Å². The normalized spacial score (nSPS) is 26.1. The molecule has 2 heterocycles. The molecular formula is C26H44O7Si. The van der Waals surface area contributed by atoms with E-state index < -0.39 is 31.4 Å². The van der Waals surface area contributed by atoms with Crippen LogP contribution in [0.1, 0.15) is 80.1 Å². The highest BCUT2D eigenvalue weighted by molar-refractivity contribution is 6.74. The Labute approximate surface area is 205 Å².